The van der Waals surface area contributed by atoms with E-state index in [0.29, 0.717) is 12.1 Å². The Labute approximate surface area is 160 Å². The molecule has 8 heteroatoms. The smallest absolute Gasteiger partial charge is 0.252 e. The molecule has 0 spiro atoms. The highest BCUT2D eigenvalue weighted by Gasteiger charge is 2.17. The Kier molecular flexibility index (Phi) is 5.29. The quantitative estimate of drug-likeness (QED) is 0.384. The van der Waals surface area contributed by atoms with Crippen LogP contribution in [0, 0.1) is 0 Å². The van der Waals surface area contributed by atoms with Gasteiger partial charge in [-0.3, -0.25) is 9.79 Å². The van der Waals surface area contributed by atoms with Gasteiger partial charge in [0, 0.05) is 28.6 Å². The van der Waals surface area contributed by atoms with Crippen LogP contribution in [-0.2, 0) is 6.54 Å². The van der Waals surface area contributed by atoms with Crippen molar-refractivity contribution >= 4 is 39.4 Å². The van der Waals surface area contributed by atoms with Gasteiger partial charge in [0.2, 0.25) is 0 Å². The first-order chi connectivity index (χ1) is 13.0. The number of hydrogen-bond acceptors (Lipinski definition) is 6. The number of nitrogens with one attached hydrogen (secondary N) is 1. The Hall–Kier alpha value is -3.10. The Morgan fingerprint density at radius 3 is 2.74 bits per heavy atom. The van der Waals surface area contributed by atoms with Crippen LogP contribution in [0.5, 0.6) is 11.5 Å². The van der Waals surface area contributed by atoms with Crippen LogP contribution >= 0.6 is 11.3 Å². The number of phenols is 1. The fourth-order valence-electron chi connectivity index (χ4n) is 2.88. The van der Waals surface area contributed by atoms with E-state index in [9.17, 15) is 9.90 Å². The molecule has 0 aliphatic carbocycles. The Morgan fingerprint density at radius 1 is 1.33 bits per heavy atom. The maximum Gasteiger partial charge on any atom is 0.252 e. The second-order valence-corrected chi connectivity index (χ2v) is 6.92. The molecule has 140 valence electrons. The zero-order valence-corrected chi connectivity index (χ0v) is 15.8. The molecule has 27 heavy (non-hydrogen) atoms. The summed E-state index contributed by atoms with van der Waals surface area (Å²) in [5.41, 5.74) is 13.8. The molecule has 0 saturated carbocycles. The summed E-state index contributed by atoms with van der Waals surface area (Å²) in [6, 6.07) is 9.14. The highest BCUT2D eigenvalue weighted by molar-refractivity contribution is 7.19. The van der Waals surface area contributed by atoms with E-state index in [1.165, 1.54) is 7.11 Å². The van der Waals surface area contributed by atoms with Crippen molar-refractivity contribution in [3.8, 4) is 22.6 Å². The predicted molar refractivity (Wildman–Crippen MR) is 110 cm³/mol. The number of amides is 1. The molecule has 1 amide bonds. The molecule has 2 aromatic carbocycles. The van der Waals surface area contributed by atoms with Crippen molar-refractivity contribution in [1.29, 1.82) is 0 Å². The molecular weight excluding hydrogens is 364 g/mol. The number of fused-ring (bicyclic) bond motifs is 1. The van der Waals surface area contributed by atoms with Gasteiger partial charge in [-0.15, -0.1) is 11.3 Å². The van der Waals surface area contributed by atoms with E-state index < -0.39 is 5.91 Å². The molecule has 0 fully saturated rings. The number of rotatable bonds is 6. The minimum absolute atomic E-state index is 0.0137. The molecule has 0 bridgehead atoms. The van der Waals surface area contributed by atoms with Gasteiger partial charge in [0.05, 0.1) is 24.7 Å². The first-order valence-electron chi connectivity index (χ1n) is 8.14. The van der Waals surface area contributed by atoms with Crippen molar-refractivity contribution in [2.24, 2.45) is 16.5 Å². The molecule has 7 nitrogen and oxygen atoms in total. The number of thiophene rings is 1. The standard InChI is InChI=1S/C19H20N4O3S/c1-22-9-23-17-12-4-3-10(7-15(12)27-16(17)8-20)11-5-13(19(21)25)18(24)14(6-11)26-2/h3-7,9,24H,8,20H2,1-2H3,(H2,21,25)(H,22,23). The monoisotopic (exact) mass is 384 g/mol. The number of aliphatic imine (C=N–C) groups is 1. The summed E-state index contributed by atoms with van der Waals surface area (Å²) in [5.74, 6) is -0.793. The fraction of sp³-hybridized carbons (Fsp3) is 0.158. The van der Waals surface area contributed by atoms with Gasteiger partial charge in [0.25, 0.3) is 5.91 Å². The van der Waals surface area contributed by atoms with Crippen molar-refractivity contribution in [2.45, 2.75) is 6.54 Å². The van der Waals surface area contributed by atoms with E-state index >= 15 is 0 Å². The molecule has 0 aliphatic heterocycles. The molecule has 6 N–H and O–H groups in total. The number of benzene rings is 2. The zero-order chi connectivity index (χ0) is 19.6. The molecule has 0 saturated heterocycles. The van der Waals surface area contributed by atoms with E-state index in [1.54, 1.807) is 36.9 Å². The lowest BCUT2D eigenvalue weighted by molar-refractivity contribution is 0.0997. The van der Waals surface area contributed by atoms with E-state index in [0.717, 1.165) is 26.2 Å². The lowest BCUT2D eigenvalue weighted by Gasteiger charge is -2.11. The minimum Gasteiger partial charge on any atom is -0.504 e. The number of anilines is 1. The molecule has 0 aliphatic rings. The molecule has 0 atom stereocenters. The largest absolute Gasteiger partial charge is 0.504 e. The number of carbonyl (C=O) groups excluding carboxylic acids is 1. The van der Waals surface area contributed by atoms with Crippen LogP contribution in [-0.4, -0.2) is 31.5 Å². The average molecular weight is 384 g/mol. The van der Waals surface area contributed by atoms with Gasteiger partial charge in [-0.05, 0) is 29.3 Å². The van der Waals surface area contributed by atoms with Gasteiger partial charge < -0.3 is 26.6 Å². The minimum atomic E-state index is -0.722. The van der Waals surface area contributed by atoms with Crippen molar-refractivity contribution in [3.63, 3.8) is 0 Å². The van der Waals surface area contributed by atoms with Gasteiger partial charge in [0.15, 0.2) is 11.5 Å². The summed E-state index contributed by atoms with van der Waals surface area (Å²) in [7, 11) is 3.11. The van der Waals surface area contributed by atoms with E-state index in [1.807, 2.05) is 18.2 Å². The number of nitrogens with two attached hydrogens (primary N) is 2. The Morgan fingerprint density at radius 2 is 2.11 bits per heavy atom. The molecule has 3 rings (SSSR count). The summed E-state index contributed by atoms with van der Waals surface area (Å²) >= 11 is 1.59. The van der Waals surface area contributed by atoms with Crippen LogP contribution in [0.1, 0.15) is 15.2 Å². The van der Waals surface area contributed by atoms with Crippen molar-refractivity contribution < 1.29 is 14.6 Å². The normalized spacial score (nSPS) is 11.2. The maximum atomic E-state index is 11.6. The lowest BCUT2D eigenvalue weighted by Crippen LogP contribution is -2.11. The summed E-state index contributed by atoms with van der Waals surface area (Å²) in [6.45, 7) is 0.410. The average Bonchev–Trinajstić information content (AvgIpc) is 3.03. The van der Waals surface area contributed by atoms with Crippen LogP contribution in [0.15, 0.2) is 35.3 Å². The first-order valence-corrected chi connectivity index (χ1v) is 8.95. The number of ether oxygens (including phenoxy) is 1. The third kappa shape index (κ3) is 3.44. The SMILES string of the molecule is CN=CNc1c(CN)sc2cc(-c3cc(OC)c(O)c(C(N)=O)c3)ccc12. The number of nitrogens with zero attached hydrogens (tertiary/aromatic N) is 1. The summed E-state index contributed by atoms with van der Waals surface area (Å²) in [5, 5.41) is 14.3. The van der Waals surface area contributed by atoms with E-state index in [2.05, 4.69) is 10.3 Å². The van der Waals surface area contributed by atoms with Gasteiger partial charge >= 0.3 is 0 Å². The molecule has 3 aromatic rings. The van der Waals surface area contributed by atoms with Gasteiger partial charge in [0.1, 0.15) is 0 Å². The van der Waals surface area contributed by atoms with Crippen LogP contribution in [0.2, 0.25) is 0 Å². The second-order valence-electron chi connectivity index (χ2n) is 5.79. The van der Waals surface area contributed by atoms with Gasteiger partial charge in [-0.1, -0.05) is 12.1 Å². The van der Waals surface area contributed by atoms with Crippen LogP contribution in [0.3, 0.4) is 0 Å². The molecule has 0 unspecified atom stereocenters. The predicted octanol–water partition coefficient (Wildman–Crippen LogP) is 2.91. The topological polar surface area (TPSA) is 123 Å². The molecular formula is C19H20N4O3S. The number of methoxy groups -OCH3 is 1. The molecule has 0 radical (unpaired) electrons. The summed E-state index contributed by atoms with van der Waals surface area (Å²) < 4.78 is 6.21. The van der Waals surface area contributed by atoms with Crippen molar-refractivity contribution in [2.75, 3.05) is 19.5 Å². The Bertz CT molecular complexity index is 1040. The second kappa shape index (κ2) is 7.65. The third-order valence-corrected chi connectivity index (χ3v) is 5.35. The number of primary amides is 1. The van der Waals surface area contributed by atoms with Crippen LogP contribution < -0.4 is 21.5 Å². The van der Waals surface area contributed by atoms with Crippen molar-refractivity contribution in [1.82, 2.24) is 0 Å². The fourth-order valence-corrected chi connectivity index (χ4v) is 3.96. The van der Waals surface area contributed by atoms with Crippen molar-refractivity contribution in [3.05, 3.63) is 40.8 Å². The molecule has 1 heterocycles. The lowest BCUT2D eigenvalue weighted by atomic mass is 10.0. The number of aromatic hydroxyl groups is 1. The third-order valence-electron chi connectivity index (χ3n) is 4.18. The van der Waals surface area contributed by atoms with E-state index in [4.69, 9.17) is 16.2 Å². The molecule has 1 aromatic heterocycles. The maximum absolute atomic E-state index is 11.6. The summed E-state index contributed by atoms with van der Waals surface area (Å²) in [4.78, 5) is 16.6. The van der Waals surface area contributed by atoms with E-state index in [-0.39, 0.29) is 17.1 Å². The zero-order valence-electron chi connectivity index (χ0n) is 14.9. The highest BCUT2D eigenvalue weighted by Crippen LogP contribution is 2.40. The summed E-state index contributed by atoms with van der Waals surface area (Å²) in [6.07, 6.45) is 1.62. The number of carbonyl (C=O) groups is 1. The Balaban J connectivity index is 2.16. The van der Waals surface area contributed by atoms with Gasteiger partial charge in [-0.2, -0.15) is 0 Å². The first kappa shape index (κ1) is 18.7. The van der Waals surface area contributed by atoms with Gasteiger partial charge in [-0.25, -0.2) is 0 Å². The van der Waals surface area contributed by atoms with Crippen LogP contribution in [0.25, 0.3) is 21.2 Å². The van der Waals surface area contributed by atoms with Crippen LogP contribution in [0.4, 0.5) is 5.69 Å². The highest BCUT2D eigenvalue weighted by atomic mass is 32.1. The number of hydrogen-bond donors (Lipinski definition) is 4.